The Kier molecular flexibility index (Phi) is 2.47. The van der Waals surface area contributed by atoms with Crippen LogP contribution in [0.4, 0.5) is 0 Å². The standard InChI is InChI=1S/C17H20N2O/c1-9-6-13-12-4-3-5-15-16(12)11(8-18-15)7-14(13)17(19-9)10(2)20/h5-6,14,17-19H,3-4,7-8H2,1-2H3. The zero-order chi connectivity index (χ0) is 13.9. The molecule has 4 aliphatic rings. The van der Waals surface area contributed by atoms with Crippen LogP contribution in [0.3, 0.4) is 0 Å². The van der Waals surface area contributed by atoms with Crippen LogP contribution in [0.25, 0.3) is 0 Å². The monoisotopic (exact) mass is 268 g/mol. The van der Waals surface area contributed by atoms with Crippen LogP contribution in [0.15, 0.2) is 45.8 Å². The molecule has 2 heterocycles. The molecule has 0 spiro atoms. The molecule has 0 aromatic heterocycles. The summed E-state index contributed by atoms with van der Waals surface area (Å²) in [5, 5.41) is 6.91. The Balaban J connectivity index is 1.89. The smallest absolute Gasteiger partial charge is 0.152 e. The van der Waals surface area contributed by atoms with Crippen LogP contribution in [0.1, 0.15) is 33.1 Å². The summed E-state index contributed by atoms with van der Waals surface area (Å²) in [6.45, 7) is 4.74. The van der Waals surface area contributed by atoms with Crippen molar-refractivity contribution in [2.24, 2.45) is 5.92 Å². The third-order valence-electron chi connectivity index (χ3n) is 4.97. The Morgan fingerprint density at radius 1 is 1.40 bits per heavy atom. The molecule has 0 aromatic rings. The number of Topliss-reactive ketones (excluding diaryl/α,β-unsaturated/α-hetero) is 1. The van der Waals surface area contributed by atoms with Crippen molar-refractivity contribution >= 4 is 5.78 Å². The lowest BCUT2D eigenvalue weighted by Crippen LogP contribution is -2.45. The highest BCUT2D eigenvalue weighted by atomic mass is 16.1. The summed E-state index contributed by atoms with van der Waals surface area (Å²) < 4.78 is 0. The average Bonchev–Trinajstić information content (AvgIpc) is 2.84. The van der Waals surface area contributed by atoms with Gasteiger partial charge in [-0.15, -0.1) is 0 Å². The van der Waals surface area contributed by atoms with E-state index in [0.29, 0.717) is 5.92 Å². The largest absolute Gasteiger partial charge is 0.381 e. The predicted octanol–water partition coefficient (Wildman–Crippen LogP) is 2.35. The minimum Gasteiger partial charge on any atom is -0.381 e. The molecular formula is C17H20N2O. The van der Waals surface area contributed by atoms with Crippen LogP contribution in [0.5, 0.6) is 0 Å². The third-order valence-corrected chi connectivity index (χ3v) is 4.97. The van der Waals surface area contributed by atoms with Crippen molar-refractivity contribution in [2.75, 3.05) is 6.54 Å². The van der Waals surface area contributed by atoms with Gasteiger partial charge in [0.05, 0.1) is 6.04 Å². The molecule has 2 aliphatic carbocycles. The van der Waals surface area contributed by atoms with Crippen molar-refractivity contribution in [3.05, 3.63) is 45.8 Å². The van der Waals surface area contributed by atoms with Gasteiger partial charge in [0.25, 0.3) is 0 Å². The van der Waals surface area contributed by atoms with Gasteiger partial charge in [-0.05, 0) is 55.9 Å². The second-order valence-corrected chi connectivity index (χ2v) is 6.29. The van der Waals surface area contributed by atoms with Gasteiger partial charge in [0, 0.05) is 29.4 Å². The van der Waals surface area contributed by atoms with Gasteiger partial charge in [0.2, 0.25) is 0 Å². The molecule has 0 bridgehead atoms. The number of ketones is 1. The summed E-state index contributed by atoms with van der Waals surface area (Å²) in [4.78, 5) is 12.0. The van der Waals surface area contributed by atoms with Crippen molar-refractivity contribution in [3.8, 4) is 0 Å². The summed E-state index contributed by atoms with van der Waals surface area (Å²) in [7, 11) is 0. The molecule has 0 amide bonds. The quantitative estimate of drug-likeness (QED) is 0.767. The van der Waals surface area contributed by atoms with Crippen molar-refractivity contribution in [1.82, 2.24) is 10.6 Å². The second kappa shape index (κ2) is 4.11. The van der Waals surface area contributed by atoms with E-state index in [1.54, 1.807) is 6.92 Å². The normalized spacial score (nSPS) is 30.9. The van der Waals surface area contributed by atoms with Crippen LogP contribution in [0, 0.1) is 5.92 Å². The molecule has 0 fully saturated rings. The first-order chi connectivity index (χ1) is 9.65. The van der Waals surface area contributed by atoms with E-state index in [1.807, 2.05) is 0 Å². The van der Waals surface area contributed by atoms with Crippen molar-refractivity contribution in [1.29, 1.82) is 0 Å². The van der Waals surface area contributed by atoms with Crippen molar-refractivity contribution in [3.63, 3.8) is 0 Å². The number of hydrogen-bond acceptors (Lipinski definition) is 3. The van der Waals surface area contributed by atoms with Gasteiger partial charge in [-0.1, -0.05) is 6.08 Å². The fraction of sp³-hybridized carbons (Fsp3) is 0.471. The maximum atomic E-state index is 12.0. The molecule has 0 saturated carbocycles. The Hall–Kier alpha value is -1.77. The Labute approximate surface area is 119 Å². The SMILES string of the molecule is CC(=O)C1NC(C)=CC2=C3CCC=C4NCC(=C43)CC21. The van der Waals surface area contributed by atoms with Gasteiger partial charge >= 0.3 is 0 Å². The molecule has 3 heteroatoms. The van der Waals surface area contributed by atoms with Crippen LogP contribution in [-0.2, 0) is 4.79 Å². The number of carbonyl (C=O) groups is 1. The van der Waals surface area contributed by atoms with Crippen LogP contribution in [-0.4, -0.2) is 18.4 Å². The lowest BCUT2D eigenvalue weighted by molar-refractivity contribution is -0.119. The molecule has 104 valence electrons. The highest BCUT2D eigenvalue weighted by Gasteiger charge is 2.40. The van der Waals surface area contributed by atoms with Crippen LogP contribution < -0.4 is 10.6 Å². The Morgan fingerprint density at radius 2 is 2.25 bits per heavy atom. The molecule has 0 aromatic carbocycles. The first-order valence-corrected chi connectivity index (χ1v) is 7.50. The number of allylic oxidation sites excluding steroid dienone is 4. The molecule has 2 aliphatic heterocycles. The van der Waals surface area contributed by atoms with Gasteiger partial charge in [-0.3, -0.25) is 4.79 Å². The molecule has 2 unspecified atom stereocenters. The fourth-order valence-electron chi connectivity index (χ4n) is 4.16. The van der Waals surface area contributed by atoms with E-state index in [2.05, 4.69) is 29.7 Å². The van der Waals surface area contributed by atoms with E-state index >= 15 is 0 Å². The molecule has 3 nitrogen and oxygen atoms in total. The lowest BCUT2D eigenvalue weighted by atomic mass is 9.71. The maximum absolute atomic E-state index is 12.0. The van der Waals surface area contributed by atoms with Gasteiger partial charge in [0.1, 0.15) is 0 Å². The highest BCUT2D eigenvalue weighted by molar-refractivity contribution is 5.83. The summed E-state index contributed by atoms with van der Waals surface area (Å²) in [6.07, 6.45) is 7.83. The number of nitrogens with one attached hydrogen (secondary N) is 2. The van der Waals surface area contributed by atoms with Gasteiger partial charge in [-0.2, -0.15) is 0 Å². The van der Waals surface area contributed by atoms with Crippen LogP contribution >= 0.6 is 0 Å². The summed E-state index contributed by atoms with van der Waals surface area (Å²) >= 11 is 0. The molecule has 0 radical (unpaired) electrons. The highest BCUT2D eigenvalue weighted by Crippen LogP contribution is 2.47. The van der Waals surface area contributed by atoms with Gasteiger partial charge in [-0.25, -0.2) is 0 Å². The molecular weight excluding hydrogens is 248 g/mol. The second-order valence-electron chi connectivity index (χ2n) is 6.29. The van der Waals surface area contributed by atoms with Gasteiger partial charge < -0.3 is 10.6 Å². The summed E-state index contributed by atoms with van der Waals surface area (Å²) in [6, 6.07) is -0.0495. The fourth-order valence-corrected chi connectivity index (χ4v) is 4.16. The van der Waals surface area contributed by atoms with E-state index in [1.165, 1.54) is 28.0 Å². The Bertz CT molecular complexity index is 633. The van der Waals surface area contributed by atoms with E-state index in [0.717, 1.165) is 31.5 Å². The predicted molar refractivity (Wildman–Crippen MR) is 78.8 cm³/mol. The Morgan fingerprint density at radius 3 is 3.05 bits per heavy atom. The van der Waals surface area contributed by atoms with Crippen molar-refractivity contribution < 1.29 is 4.79 Å². The van der Waals surface area contributed by atoms with E-state index in [4.69, 9.17) is 0 Å². The topological polar surface area (TPSA) is 41.1 Å². The van der Waals surface area contributed by atoms with Crippen molar-refractivity contribution in [2.45, 2.75) is 39.2 Å². The first kappa shape index (κ1) is 12.0. The lowest BCUT2D eigenvalue weighted by Gasteiger charge is -2.38. The summed E-state index contributed by atoms with van der Waals surface area (Å²) in [5.74, 6) is 0.575. The average molecular weight is 268 g/mol. The van der Waals surface area contributed by atoms with E-state index < -0.39 is 0 Å². The summed E-state index contributed by atoms with van der Waals surface area (Å²) in [5.41, 5.74) is 8.32. The molecule has 2 atom stereocenters. The number of fused-ring (bicyclic) bond motifs is 1. The van der Waals surface area contributed by atoms with E-state index in [9.17, 15) is 4.79 Å². The number of carbonyl (C=O) groups excluding carboxylic acids is 1. The van der Waals surface area contributed by atoms with Gasteiger partial charge in [0.15, 0.2) is 5.78 Å². The van der Waals surface area contributed by atoms with E-state index in [-0.39, 0.29) is 11.8 Å². The zero-order valence-corrected chi connectivity index (χ0v) is 12.0. The maximum Gasteiger partial charge on any atom is 0.152 e. The molecule has 0 saturated heterocycles. The molecule has 4 rings (SSSR count). The van der Waals surface area contributed by atoms with Crippen LogP contribution in [0.2, 0.25) is 0 Å². The minimum atomic E-state index is -0.0495. The zero-order valence-electron chi connectivity index (χ0n) is 12.0. The minimum absolute atomic E-state index is 0.0495. The first-order valence-electron chi connectivity index (χ1n) is 7.50. The third kappa shape index (κ3) is 1.55. The number of hydrogen-bond donors (Lipinski definition) is 2. The number of rotatable bonds is 1. The molecule has 20 heavy (non-hydrogen) atoms. The molecule has 2 N–H and O–H groups in total.